The number of hydrogen-bond donors (Lipinski definition) is 0. The molecule has 0 atom stereocenters. The number of benzene rings is 1. The third kappa shape index (κ3) is 4.17. The number of hydrogen-bond acceptors (Lipinski definition) is 3. The van der Waals surface area contributed by atoms with Gasteiger partial charge < -0.3 is 0 Å². The van der Waals surface area contributed by atoms with Gasteiger partial charge in [0.1, 0.15) is 11.5 Å². The monoisotopic (exact) mass is 359 g/mol. The molecule has 0 saturated heterocycles. The summed E-state index contributed by atoms with van der Waals surface area (Å²) in [5.41, 5.74) is 2.15. The number of aromatic nitrogens is 3. The molecule has 0 fully saturated rings. The first-order valence-corrected chi connectivity index (χ1v) is 7.99. The van der Waals surface area contributed by atoms with E-state index in [0.717, 1.165) is 6.92 Å². The van der Waals surface area contributed by atoms with Crippen molar-refractivity contribution in [3.05, 3.63) is 65.9 Å². The second-order valence-corrected chi connectivity index (χ2v) is 6.11. The zero-order chi connectivity index (χ0) is 18.7. The Morgan fingerprint density at radius 2 is 2.04 bits per heavy atom. The number of alkyl halides is 2. The van der Waals surface area contributed by atoms with E-state index in [1.807, 2.05) is 0 Å². The van der Waals surface area contributed by atoms with Gasteiger partial charge in [-0.3, -0.25) is 9.78 Å². The minimum absolute atomic E-state index is 0.0375. The Kier molecular flexibility index (Phi) is 4.88. The number of halogens is 3. The van der Waals surface area contributed by atoms with Crippen molar-refractivity contribution in [2.75, 3.05) is 0 Å². The SMILES string of the molecule is CC(F)(F)CCc1cc(F)cc(-c2cc(C=O)nn2-c2cccnc2)c1. The van der Waals surface area contributed by atoms with E-state index >= 15 is 0 Å². The zero-order valence-corrected chi connectivity index (χ0v) is 14.0. The van der Waals surface area contributed by atoms with Crippen LogP contribution in [0, 0.1) is 5.82 Å². The molecule has 0 aliphatic heterocycles. The van der Waals surface area contributed by atoms with E-state index < -0.39 is 11.7 Å². The number of carbonyl (C=O) groups is 1. The molecule has 7 heteroatoms. The highest BCUT2D eigenvalue weighted by molar-refractivity contribution is 5.76. The molecule has 134 valence electrons. The molecular weight excluding hydrogens is 343 g/mol. The Morgan fingerprint density at radius 3 is 2.69 bits per heavy atom. The van der Waals surface area contributed by atoms with Crippen LogP contribution in [0.1, 0.15) is 29.4 Å². The van der Waals surface area contributed by atoms with Gasteiger partial charge in [-0.25, -0.2) is 17.9 Å². The topological polar surface area (TPSA) is 47.8 Å². The van der Waals surface area contributed by atoms with E-state index in [0.29, 0.717) is 28.8 Å². The lowest BCUT2D eigenvalue weighted by Gasteiger charge is -2.12. The van der Waals surface area contributed by atoms with Gasteiger partial charge in [0.15, 0.2) is 6.29 Å². The van der Waals surface area contributed by atoms with Crippen molar-refractivity contribution in [2.24, 2.45) is 0 Å². The number of carbonyl (C=O) groups excluding carboxylic acids is 1. The van der Waals surface area contributed by atoms with Crippen molar-refractivity contribution in [3.8, 4) is 16.9 Å². The van der Waals surface area contributed by atoms with Crippen LogP contribution in [0.5, 0.6) is 0 Å². The summed E-state index contributed by atoms with van der Waals surface area (Å²) < 4.78 is 41.8. The molecule has 0 unspecified atom stereocenters. The lowest BCUT2D eigenvalue weighted by Crippen LogP contribution is -2.10. The highest BCUT2D eigenvalue weighted by atomic mass is 19.3. The van der Waals surface area contributed by atoms with Crippen LogP contribution in [-0.2, 0) is 6.42 Å². The van der Waals surface area contributed by atoms with Crippen LogP contribution in [0.4, 0.5) is 13.2 Å². The molecule has 2 heterocycles. The fraction of sp³-hybridized carbons (Fsp3) is 0.211. The molecule has 0 aliphatic rings. The summed E-state index contributed by atoms with van der Waals surface area (Å²) in [4.78, 5) is 15.1. The molecule has 1 aromatic carbocycles. The van der Waals surface area contributed by atoms with Gasteiger partial charge in [-0.1, -0.05) is 0 Å². The molecule has 3 rings (SSSR count). The summed E-state index contributed by atoms with van der Waals surface area (Å²) in [6, 6.07) is 9.13. The first-order valence-electron chi connectivity index (χ1n) is 7.99. The van der Waals surface area contributed by atoms with Crippen molar-refractivity contribution in [2.45, 2.75) is 25.7 Å². The minimum Gasteiger partial charge on any atom is -0.296 e. The maximum Gasteiger partial charge on any atom is 0.245 e. The normalized spacial score (nSPS) is 11.5. The second-order valence-electron chi connectivity index (χ2n) is 6.11. The maximum absolute atomic E-state index is 14.1. The smallest absolute Gasteiger partial charge is 0.245 e. The van der Waals surface area contributed by atoms with Gasteiger partial charge in [0.25, 0.3) is 0 Å². The molecule has 3 aromatic rings. The number of aryl methyl sites for hydroxylation is 1. The Labute approximate surface area is 148 Å². The molecule has 0 bridgehead atoms. The van der Waals surface area contributed by atoms with E-state index in [4.69, 9.17) is 0 Å². The summed E-state index contributed by atoms with van der Waals surface area (Å²) in [6.45, 7) is 0.834. The van der Waals surface area contributed by atoms with Gasteiger partial charge in [0, 0.05) is 18.2 Å². The fourth-order valence-electron chi connectivity index (χ4n) is 2.64. The molecule has 0 N–H and O–H groups in total. The van der Waals surface area contributed by atoms with Gasteiger partial charge >= 0.3 is 0 Å². The summed E-state index contributed by atoms with van der Waals surface area (Å²) >= 11 is 0. The van der Waals surface area contributed by atoms with E-state index in [1.54, 1.807) is 30.6 Å². The highest BCUT2D eigenvalue weighted by Crippen LogP contribution is 2.27. The zero-order valence-electron chi connectivity index (χ0n) is 14.0. The van der Waals surface area contributed by atoms with Crippen LogP contribution >= 0.6 is 0 Å². The molecule has 0 aliphatic carbocycles. The predicted molar refractivity (Wildman–Crippen MR) is 91.1 cm³/mol. The molecular formula is C19H16F3N3O. The number of rotatable bonds is 6. The van der Waals surface area contributed by atoms with Crippen molar-refractivity contribution in [1.82, 2.24) is 14.8 Å². The van der Waals surface area contributed by atoms with Crippen molar-refractivity contribution in [1.29, 1.82) is 0 Å². The summed E-state index contributed by atoms with van der Waals surface area (Å²) in [5, 5.41) is 4.19. The predicted octanol–water partition coefficient (Wildman–Crippen LogP) is 4.47. The van der Waals surface area contributed by atoms with Gasteiger partial charge in [-0.2, -0.15) is 5.10 Å². The summed E-state index contributed by atoms with van der Waals surface area (Å²) in [7, 11) is 0. The van der Waals surface area contributed by atoms with E-state index in [9.17, 15) is 18.0 Å². The molecule has 26 heavy (non-hydrogen) atoms. The average molecular weight is 359 g/mol. The largest absolute Gasteiger partial charge is 0.296 e. The van der Waals surface area contributed by atoms with Crippen molar-refractivity contribution >= 4 is 6.29 Å². The van der Waals surface area contributed by atoms with Crippen LogP contribution in [0.2, 0.25) is 0 Å². The molecule has 2 aromatic heterocycles. The van der Waals surface area contributed by atoms with E-state index in [1.165, 1.54) is 22.9 Å². The van der Waals surface area contributed by atoms with Crippen LogP contribution in [0.3, 0.4) is 0 Å². The Morgan fingerprint density at radius 1 is 1.23 bits per heavy atom. The van der Waals surface area contributed by atoms with Crippen LogP contribution in [-0.4, -0.2) is 27.0 Å². The molecule has 0 amide bonds. The molecule has 0 saturated carbocycles. The molecule has 4 nitrogen and oxygen atoms in total. The number of aldehydes is 1. The van der Waals surface area contributed by atoms with Crippen molar-refractivity contribution < 1.29 is 18.0 Å². The highest BCUT2D eigenvalue weighted by Gasteiger charge is 2.21. The summed E-state index contributed by atoms with van der Waals surface area (Å²) in [6.07, 6.45) is 3.41. The third-order valence-electron chi connectivity index (χ3n) is 3.85. The first-order chi connectivity index (χ1) is 12.4. The Hall–Kier alpha value is -2.96. The van der Waals surface area contributed by atoms with Gasteiger partial charge in [-0.15, -0.1) is 0 Å². The van der Waals surface area contributed by atoms with E-state index in [2.05, 4.69) is 10.1 Å². The van der Waals surface area contributed by atoms with E-state index in [-0.39, 0.29) is 18.5 Å². The fourth-order valence-corrected chi connectivity index (χ4v) is 2.64. The maximum atomic E-state index is 14.1. The lowest BCUT2D eigenvalue weighted by molar-refractivity contribution is 0.0133. The van der Waals surface area contributed by atoms with Crippen LogP contribution in [0.25, 0.3) is 16.9 Å². The Balaban J connectivity index is 2.05. The number of pyridine rings is 1. The lowest BCUT2D eigenvalue weighted by atomic mass is 10.0. The average Bonchev–Trinajstić information content (AvgIpc) is 3.04. The van der Waals surface area contributed by atoms with Gasteiger partial charge in [-0.05, 0) is 55.3 Å². The second kappa shape index (κ2) is 7.11. The molecule has 0 spiro atoms. The molecule has 0 radical (unpaired) electrons. The minimum atomic E-state index is -2.82. The van der Waals surface area contributed by atoms with Gasteiger partial charge in [0.2, 0.25) is 5.92 Å². The summed E-state index contributed by atoms with van der Waals surface area (Å²) in [5.74, 6) is -3.36. The van der Waals surface area contributed by atoms with Crippen LogP contribution < -0.4 is 0 Å². The quantitative estimate of drug-likeness (QED) is 0.610. The third-order valence-corrected chi connectivity index (χ3v) is 3.85. The Bertz CT molecular complexity index is 918. The van der Waals surface area contributed by atoms with Crippen molar-refractivity contribution in [3.63, 3.8) is 0 Å². The standard InChI is InChI=1S/C19H16F3N3O/c1-19(21,22)5-4-13-7-14(9-15(20)8-13)18-10-16(12-26)24-25(18)17-3-2-6-23-11-17/h2-3,6-12H,4-5H2,1H3. The number of nitrogens with zero attached hydrogens (tertiary/aromatic N) is 3. The van der Waals surface area contributed by atoms with Crippen LogP contribution in [0.15, 0.2) is 48.8 Å². The first kappa shape index (κ1) is 17.8. The van der Waals surface area contributed by atoms with Gasteiger partial charge in [0.05, 0.1) is 17.6 Å².